The fraction of sp³-hybridized carbons (Fsp3) is 0.433. The van der Waals surface area contributed by atoms with E-state index in [0.29, 0.717) is 0 Å². The normalized spacial score (nSPS) is 10.9. The number of benzene rings is 2. The molecule has 2 heteroatoms. The van der Waals surface area contributed by atoms with Gasteiger partial charge in [-0.2, -0.15) is 0 Å². The highest BCUT2D eigenvalue weighted by atomic mass is 16.5. The molecule has 2 aromatic carbocycles. The molecular formula is C30H39NO. The van der Waals surface area contributed by atoms with Gasteiger partial charge >= 0.3 is 0 Å². The zero-order valence-electron chi connectivity index (χ0n) is 20.0. The molecule has 32 heavy (non-hydrogen) atoms. The van der Waals surface area contributed by atoms with Crippen molar-refractivity contribution in [2.24, 2.45) is 0 Å². The molecule has 1 aromatic heterocycles. The monoisotopic (exact) mass is 429 g/mol. The van der Waals surface area contributed by atoms with Crippen LogP contribution >= 0.6 is 0 Å². The minimum absolute atomic E-state index is 0.793. The summed E-state index contributed by atoms with van der Waals surface area (Å²) in [6.07, 6.45) is 14.1. The van der Waals surface area contributed by atoms with E-state index in [1.807, 2.05) is 0 Å². The van der Waals surface area contributed by atoms with Gasteiger partial charge in [0.15, 0.2) is 0 Å². The Balaban J connectivity index is 1.44. The molecule has 0 saturated heterocycles. The zero-order chi connectivity index (χ0) is 22.4. The first-order valence-corrected chi connectivity index (χ1v) is 12.5. The van der Waals surface area contributed by atoms with E-state index in [4.69, 9.17) is 4.74 Å². The molecule has 3 rings (SSSR count). The van der Waals surface area contributed by atoms with E-state index in [-0.39, 0.29) is 0 Å². The quantitative estimate of drug-likeness (QED) is 0.241. The molecule has 0 fully saturated rings. The molecule has 0 radical (unpaired) electrons. The minimum atomic E-state index is 0.793. The van der Waals surface area contributed by atoms with Crippen LogP contribution in [0.25, 0.3) is 11.1 Å². The van der Waals surface area contributed by atoms with Gasteiger partial charge in [-0.05, 0) is 72.6 Å². The van der Waals surface area contributed by atoms with Gasteiger partial charge in [0.25, 0.3) is 0 Å². The van der Waals surface area contributed by atoms with E-state index in [1.165, 1.54) is 60.1 Å². The van der Waals surface area contributed by atoms with Gasteiger partial charge < -0.3 is 4.74 Å². The molecule has 0 aliphatic carbocycles. The van der Waals surface area contributed by atoms with Gasteiger partial charge in [0.2, 0.25) is 0 Å². The zero-order valence-corrected chi connectivity index (χ0v) is 20.0. The van der Waals surface area contributed by atoms with Crippen LogP contribution in [0, 0.1) is 0 Å². The summed E-state index contributed by atoms with van der Waals surface area (Å²) >= 11 is 0. The van der Waals surface area contributed by atoms with Crippen LogP contribution in [0.4, 0.5) is 0 Å². The van der Waals surface area contributed by atoms with E-state index in [9.17, 15) is 0 Å². The molecule has 0 atom stereocenters. The first kappa shape index (κ1) is 24.0. The summed E-state index contributed by atoms with van der Waals surface area (Å²) in [7, 11) is 0. The second-order valence-electron chi connectivity index (χ2n) is 8.75. The van der Waals surface area contributed by atoms with Gasteiger partial charge in [-0.1, -0.05) is 88.4 Å². The molecule has 0 spiro atoms. The van der Waals surface area contributed by atoms with Gasteiger partial charge in [0, 0.05) is 11.9 Å². The van der Waals surface area contributed by atoms with Gasteiger partial charge in [-0.15, -0.1) is 0 Å². The SMILES string of the molecule is CCCCCCCc1ccc(CCc2ccc(-c3ccc(OCCCC)cc3)cc2)cn1. The third-order valence-electron chi connectivity index (χ3n) is 6.03. The fourth-order valence-electron chi connectivity index (χ4n) is 3.89. The smallest absolute Gasteiger partial charge is 0.119 e. The van der Waals surface area contributed by atoms with Crippen LogP contribution in [-0.2, 0) is 19.3 Å². The Kier molecular flexibility index (Phi) is 10.3. The Morgan fingerprint density at radius 2 is 1.22 bits per heavy atom. The molecule has 2 nitrogen and oxygen atoms in total. The number of nitrogens with zero attached hydrogens (tertiary/aromatic N) is 1. The van der Waals surface area contributed by atoms with Crippen molar-refractivity contribution in [3.8, 4) is 16.9 Å². The number of unbranched alkanes of at least 4 members (excludes halogenated alkanes) is 5. The van der Waals surface area contributed by atoms with E-state index in [1.54, 1.807) is 0 Å². The lowest BCUT2D eigenvalue weighted by molar-refractivity contribution is 0.309. The maximum Gasteiger partial charge on any atom is 0.119 e. The van der Waals surface area contributed by atoms with Gasteiger partial charge in [0.1, 0.15) is 5.75 Å². The van der Waals surface area contributed by atoms with Crippen LogP contribution < -0.4 is 4.74 Å². The molecule has 0 unspecified atom stereocenters. The topological polar surface area (TPSA) is 22.1 Å². The first-order chi connectivity index (χ1) is 15.8. The van der Waals surface area contributed by atoms with Gasteiger partial charge in [-0.25, -0.2) is 0 Å². The molecule has 0 saturated carbocycles. The van der Waals surface area contributed by atoms with Gasteiger partial charge in [-0.3, -0.25) is 4.98 Å². The maximum atomic E-state index is 5.77. The van der Waals surface area contributed by atoms with Crippen LogP contribution in [-0.4, -0.2) is 11.6 Å². The molecular weight excluding hydrogens is 390 g/mol. The lowest BCUT2D eigenvalue weighted by atomic mass is 10.0. The molecule has 0 bridgehead atoms. The summed E-state index contributed by atoms with van der Waals surface area (Å²) in [6.45, 7) is 5.24. The van der Waals surface area contributed by atoms with Crippen LogP contribution in [0.5, 0.6) is 5.75 Å². The highest BCUT2D eigenvalue weighted by molar-refractivity contribution is 5.64. The van der Waals surface area contributed by atoms with Crippen molar-refractivity contribution in [3.05, 3.63) is 83.7 Å². The van der Waals surface area contributed by atoms with Crippen molar-refractivity contribution in [2.45, 2.75) is 78.1 Å². The van der Waals surface area contributed by atoms with Gasteiger partial charge in [0.05, 0.1) is 6.61 Å². The summed E-state index contributed by atoms with van der Waals surface area (Å²) < 4.78 is 5.77. The lowest BCUT2D eigenvalue weighted by Gasteiger charge is -2.08. The number of hydrogen-bond acceptors (Lipinski definition) is 2. The second-order valence-corrected chi connectivity index (χ2v) is 8.75. The number of aryl methyl sites for hydroxylation is 3. The van der Waals surface area contributed by atoms with Crippen molar-refractivity contribution in [2.75, 3.05) is 6.61 Å². The Morgan fingerprint density at radius 1 is 0.594 bits per heavy atom. The van der Waals surface area contributed by atoms with E-state index in [2.05, 4.69) is 85.7 Å². The average molecular weight is 430 g/mol. The molecule has 0 amide bonds. The maximum absolute atomic E-state index is 5.77. The van der Waals surface area contributed by atoms with E-state index in [0.717, 1.165) is 44.5 Å². The third kappa shape index (κ3) is 8.15. The summed E-state index contributed by atoms with van der Waals surface area (Å²) in [4.78, 5) is 4.68. The predicted molar refractivity (Wildman–Crippen MR) is 136 cm³/mol. The Bertz CT molecular complexity index is 882. The molecule has 170 valence electrons. The van der Waals surface area contributed by atoms with Crippen molar-refractivity contribution < 1.29 is 4.74 Å². The summed E-state index contributed by atoms with van der Waals surface area (Å²) in [5.74, 6) is 0.954. The number of hydrogen-bond donors (Lipinski definition) is 0. The Hall–Kier alpha value is -2.61. The van der Waals surface area contributed by atoms with E-state index < -0.39 is 0 Å². The second kappa shape index (κ2) is 13.7. The Morgan fingerprint density at radius 3 is 1.88 bits per heavy atom. The highest BCUT2D eigenvalue weighted by Crippen LogP contribution is 2.23. The van der Waals surface area contributed by atoms with Crippen LogP contribution in [0.3, 0.4) is 0 Å². The van der Waals surface area contributed by atoms with Crippen LogP contribution in [0.2, 0.25) is 0 Å². The molecule has 3 aromatic rings. The van der Waals surface area contributed by atoms with Crippen molar-refractivity contribution in [1.29, 1.82) is 0 Å². The lowest BCUT2D eigenvalue weighted by Crippen LogP contribution is -1.96. The standard InChI is InChI=1S/C30H39NO/c1-3-5-7-8-9-10-29-20-15-26(24-31-29)12-11-25-13-16-27(17-14-25)28-18-21-30(22-19-28)32-23-6-4-2/h13-22,24H,3-12,23H2,1-2H3. The largest absolute Gasteiger partial charge is 0.494 e. The first-order valence-electron chi connectivity index (χ1n) is 12.5. The molecule has 0 aliphatic heterocycles. The fourth-order valence-corrected chi connectivity index (χ4v) is 3.89. The van der Waals surface area contributed by atoms with Crippen molar-refractivity contribution in [1.82, 2.24) is 4.98 Å². The molecule has 0 aliphatic rings. The summed E-state index contributed by atoms with van der Waals surface area (Å²) in [5, 5.41) is 0. The van der Waals surface area contributed by atoms with Crippen molar-refractivity contribution in [3.63, 3.8) is 0 Å². The number of aromatic nitrogens is 1. The van der Waals surface area contributed by atoms with Crippen molar-refractivity contribution >= 4 is 0 Å². The Labute approximate surface area is 195 Å². The third-order valence-corrected chi connectivity index (χ3v) is 6.03. The van der Waals surface area contributed by atoms with Crippen LogP contribution in [0.15, 0.2) is 66.9 Å². The minimum Gasteiger partial charge on any atom is -0.494 e. The van der Waals surface area contributed by atoms with E-state index >= 15 is 0 Å². The average Bonchev–Trinajstić information content (AvgIpc) is 2.84. The molecule has 1 heterocycles. The number of pyridine rings is 1. The summed E-state index contributed by atoms with van der Waals surface area (Å²) in [6, 6.07) is 21.9. The van der Waals surface area contributed by atoms with Crippen LogP contribution in [0.1, 0.15) is 75.6 Å². The predicted octanol–water partition coefficient (Wildman–Crippen LogP) is 8.23. The highest BCUT2D eigenvalue weighted by Gasteiger charge is 2.02. The number of ether oxygens (including phenoxy) is 1. The molecule has 0 N–H and O–H groups in total. The summed E-state index contributed by atoms with van der Waals surface area (Å²) in [5.41, 5.74) is 6.40. The number of rotatable bonds is 14.